The van der Waals surface area contributed by atoms with Gasteiger partial charge in [0.05, 0.1) is 17.1 Å². The number of benzene rings is 2. The average molecular weight is 410 g/mol. The van der Waals surface area contributed by atoms with E-state index in [4.69, 9.17) is 4.98 Å². The Kier molecular flexibility index (Phi) is 4.93. The summed E-state index contributed by atoms with van der Waals surface area (Å²) in [5.74, 6) is 1.08. The maximum absolute atomic E-state index is 5.04. The highest BCUT2D eigenvalue weighted by Gasteiger charge is 2.18. The van der Waals surface area contributed by atoms with Crippen LogP contribution in [0.25, 0.3) is 22.2 Å². The topological polar surface area (TPSA) is 30.7 Å². The van der Waals surface area contributed by atoms with Gasteiger partial charge in [0.25, 0.3) is 0 Å². The predicted octanol–water partition coefficient (Wildman–Crippen LogP) is 6.67. The maximum Gasteiger partial charge on any atom is 0.114 e. The van der Waals surface area contributed by atoms with Crippen LogP contribution in [0.1, 0.15) is 35.5 Å². The summed E-state index contributed by atoms with van der Waals surface area (Å²) in [6, 6.07) is 21.6. The van der Waals surface area contributed by atoms with Crippen LogP contribution in [0.15, 0.2) is 83.8 Å². The first-order chi connectivity index (χ1) is 14.7. The van der Waals surface area contributed by atoms with Crippen molar-refractivity contribution in [2.24, 2.45) is 0 Å². The summed E-state index contributed by atoms with van der Waals surface area (Å²) in [7, 11) is 0. The van der Waals surface area contributed by atoms with Crippen LogP contribution in [0.2, 0.25) is 0 Å². The molecule has 0 bridgehead atoms. The summed E-state index contributed by atoms with van der Waals surface area (Å²) in [6.45, 7) is 4.43. The number of thiophene rings is 1. The summed E-state index contributed by atoms with van der Waals surface area (Å²) in [4.78, 5) is 9.20. The van der Waals surface area contributed by atoms with Crippen LogP contribution in [0, 0.1) is 6.92 Å². The minimum absolute atomic E-state index is 0.187. The molecule has 1 atom stereocenters. The molecule has 0 aliphatic carbocycles. The van der Waals surface area contributed by atoms with Gasteiger partial charge in [-0.05, 0) is 76.7 Å². The second kappa shape index (κ2) is 7.88. The van der Waals surface area contributed by atoms with Crippen molar-refractivity contribution in [3.63, 3.8) is 0 Å². The molecule has 0 fully saturated rings. The lowest BCUT2D eigenvalue weighted by Crippen LogP contribution is -2.11. The van der Waals surface area contributed by atoms with Gasteiger partial charge in [-0.15, -0.1) is 0 Å². The standard InChI is InChI=1S/C26H23N3S/c1-18-16-30-17-23(18)22-8-9-24-25(15-22)29(19(2)21-6-4-3-5-7-21)26(28-24)14-20-10-12-27-13-11-20/h3-13,15-17,19H,14H2,1-2H3. The Bertz CT molecular complexity index is 1290. The van der Waals surface area contributed by atoms with Gasteiger partial charge in [0, 0.05) is 18.8 Å². The molecule has 5 aromatic rings. The molecule has 148 valence electrons. The molecule has 3 aromatic heterocycles. The molecule has 4 heteroatoms. The van der Waals surface area contributed by atoms with Gasteiger partial charge in [-0.3, -0.25) is 4.98 Å². The molecule has 3 nitrogen and oxygen atoms in total. The SMILES string of the molecule is Cc1cscc1-c1ccc2nc(Cc3ccncc3)n(C(C)c3ccccc3)c2c1. The molecule has 1 unspecified atom stereocenters. The monoisotopic (exact) mass is 409 g/mol. The second-order valence-electron chi connectivity index (χ2n) is 7.69. The van der Waals surface area contributed by atoms with Gasteiger partial charge in [-0.25, -0.2) is 4.98 Å². The molecule has 0 N–H and O–H groups in total. The van der Waals surface area contributed by atoms with Gasteiger partial charge in [0.15, 0.2) is 0 Å². The van der Waals surface area contributed by atoms with E-state index in [9.17, 15) is 0 Å². The van der Waals surface area contributed by atoms with E-state index in [0.717, 1.165) is 17.8 Å². The molecule has 0 aliphatic rings. The molecular formula is C26H23N3S. The van der Waals surface area contributed by atoms with Crippen LogP contribution < -0.4 is 0 Å². The third-order valence-electron chi connectivity index (χ3n) is 5.71. The zero-order chi connectivity index (χ0) is 20.5. The van der Waals surface area contributed by atoms with E-state index >= 15 is 0 Å². The van der Waals surface area contributed by atoms with Crippen molar-refractivity contribution in [3.8, 4) is 11.1 Å². The van der Waals surface area contributed by atoms with Crippen LogP contribution in [0.5, 0.6) is 0 Å². The summed E-state index contributed by atoms with van der Waals surface area (Å²) >= 11 is 1.75. The van der Waals surface area contributed by atoms with E-state index < -0.39 is 0 Å². The minimum Gasteiger partial charge on any atom is -0.320 e. The quantitative estimate of drug-likeness (QED) is 0.325. The molecule has 0 saturated carbocycles. The van der Waals surface area contributed by atoms with Crippen molar-refractivity contribution in [2.45, 2.75) is 26.3 Å². The van der Waals surface area contributed by atoms with Gasteiger partial charge in [-0.1, -0.05) is 36.4 Å². The average Bonchev–Trinajstić information content (AvgIpc) is 3.37. The number of imidazole rings is 1. The van der Waals surface area contributed by atoms with Crippen molar-refractivity contribution in [1.29, 1.82) is 0 Å². The first-order valence-corrected chi connectivity index (χ1v) is 11.1. The lowest BCUT2D eigenvalue weighted by Gasteiger charge is -2.19. The fourth-order valence-corrected chi connectivity index (χ4v) is 4.94. The Balaban J connectivity index is 1.69. The molecule has 0 aliphatic heterocycles. The third kappa shape index (κ3) is 3.44. The fourth-order valence-electron chi connectivity index (χ4n) is 4.09. The Morgan fingerprint density at radius 3 is 2.50 bits per heavy atom. The summed E-state index contributed by atoms with van der Waals surface area (Å²) < 4.78 is 2.40. The van der Waals surface area contributed by atoms with Gasteiger partial charge in [0.2, 0.25) is 0 Å². The molecular weight excluding hydrogens is 386 g/mol. The van der Waals surface area contributed by atoms with E-state index in [2.05, 4.69) is 94.8 Å². The number of aryl methyl sites for hydroxylation is 1. The highest BCUT2D eigenvalue weighted by atomic mass is 32.1. The molecule has 5 rings (SSSR count). The van der Waals surface area contributed by atoms with Crippen molar-refractivity contribution in [1.82, 2.24) is 14.5 Å². The third-order valence-corrected chi connectivity index (χ3v) is 6.57. The summed E-state index contributed by atoms with van der Waals surface area (Å²) in [5.41, 5.74) is 8.59. The van der Waals surface area contributed by atoms with E-state index in [1.54, 1.807) is 11.3 Å². The van der Waals surface area contributed by atoms with E-state index in [-0.39, 0.29) is 6.04 Å². The van der Waals surface area contributed by atoms with Gasteiger partial charge in [-0.2, -0.15) is 11.3 Å². The second-order valence-corrected chi connectivity index (χ2v) is 8.43. The Labute approximate surface area is 180 Å². The molecule has 0 radical (unpaired) electrons. The van der Waals surface area contributed by atoms with E-state index in [1.165, 1.54) is 33.3 Å². The lowest BCUT2D eigenvalue weighted by molar-refractivity contribution is 0.627. The van der Waals surface area contributed by atoms with Crippen LogP contribution in [-0.2, 0) is 6.42 Å². The highest BCUT2D eigenvalue weighted by molar-refractivity contribution is 7.08. The zero-order valence-electron chi connectivity index (χ0n) is 17.1. The first-order valence-electron chi connectivity index (χ1n) is 10.2. The van der Waals surface area contributed by atoms with Gasteiger partial charge >= 0.3 is 0 Å². The Morgan fingerprint density at radius 1 is 0.967 bits per heavy atom. The first kappa shape index (κ1) is 18.8. The van der Waals surface area contributed by atoms with Crippen LogP contribution in [0.3, 0.4) is 0 Å². The summed E-state index contributed by atoms with van der Waals surface area (Å²) in [6.07, 6.45) is 4.47. The van der Waals surface area contributed by atoms with Crippen LogP contribution >= 0.6 is 11.3 Å². The van der Waals surface area contributed by atoms with Gasteiger partial charge in [0.1, 0.15) is 5.82 Å². The maximum atomic E-state index is 5.04. The van der Waals surface area contributed by atoms with E-state index in [1.807, 2.05) is 12.4 Å². The van der Waals surface area contributed by atoms with E-state index in [0.29, 0.717) is 0 Å². The Hall–Kier alpha value is -3.24. The highest BCUT2D eigenvalue weighted by Crippen LogP contribution is 2.33. The molecule has 0 saturated heterocycles. The lowest BCUT2D eigenvalue weighted by atomic mass is 10.0. The number of nitrogens with zero attached hydrogens (tertiary/aromatic N) is 3. The minimum atomic E-state index is 0.187. The summed E-state index contributed by atoms with van der Waals surface area (Å²) in [5, 5.41) is 4.44. The normalized spacial score (nSPS) is 12.3. The molecule has 0 spiro atoms. The number of hydrogen-bond donors (Lipinski definition) is 0. The Morgan fingerprint density at radius 2 is 1.77 bits per heavy atom. The molecule has 3 heterocycles. The number of pyridine rings is 1. The van der Waals surface area contributed by atoms with Crippen molar-refractivity contribution >= 4 is 22.4 Å². The molecule has 2 aromatic carbocycles. The van der Waals surface area contributed by atoms with Crippen LogP contribution in [-0.4, -0.2) is 14.5 Å². The smallest absolute Gasteiger partial charge is 0.114 e. The predicted molar refractivity (Wildman–Crippen MR) is 125 cm³/mol. The number of rotatable bonds is 5. The van der Waals surface area contributed by atoms with Crippen LogP contribution in [0.4, 0.5) is 0 Å². The van der Waals surface area contributed by atoms with Crippen molar-refractivity contribution < 1.29 is 0 Å². The fraction of sp³-hybridized carbons (Fsp3) is 0.154. The zero-order valence-corrected chi connectivity index (χ0v) is 17.9. The van der Waals surface area contributed by atoms with Gasteiger partial charge < -0.3 is 4.57 Å². The largest absolute Gasteiger partial charge is 0.320 e. The van der Waals surface area contributed by atoms with Crippen molar-refractivity contribution in [3.05, 3.63) is 106 Å². The number of hydrogen-bond acceptors (Lipinski definition) is 3. The number of fused-ring (bicyclic) bond motifs is 1. The number of aromatic nitrogens is 3. The molecule has 0 amide bonds. The van der Waals surface area contributed by atoms with Crippen molar-refractivity contribution in [2.75, 3.05) is 0 Å². The molecule has 30 heavy (non-hydrogen) atoms.